The summed E-state index contributed by atoms with van der Waals surface area (Å²) in [6.45, 7) is 2.25. The number of aromatic nitrogens is 3. The molecule has 1 aliphatic heterocycles. The number of hydrogen-bond donors (Lipinski definition) is 2. The Morgan fingerprint density at radius 1 is 1.24 bits per heavy atom. The molecular formula is C26H26FN5O4S. The number of aromatic amines is 1. The summed E-state index contributed by atoms with van der Waals surface area (Å²) in [5.74, 6) is -0.765. The second kappa shape index (κ2) is 9.91. The van der Waals surface area contributed by atoms with E-state index in [4.69, 9.17) is 10.5 Å². The van der Waals surface area contributed by atoms with Crippen LogP contribution in [0.3, 0.4) is 0 Å². The van der Waals surface area contributed by atoms with Gasteiger partial charge in [-0.2, -0.15) is 0 Å². The van der Waals surface area contributed by atoms with Crippen LogP contribution in [0.4, 0.5) is 4.39 Å². The Morgan fingerprint density at radius 2 is 2.03 bits per heavy atom. The lowest BCUT2D eigenvalue weighted by Crippen LogP contribution is -2.44. The summed E-state index contributed by atoms with van der Waals surface area (Å²) in [4.78, 5) is 25.9. The molecule has 1 fully saturated rings. The Morgan fingerprint density at radius 3 is 2.78 bits per heavy atom. The van der Waals surface area contributed by atoms with Gasteiger partial charge in [0, 0.05) is 19.3 Å². The number of hydrogen-bond acceptors (Lipinski definition) is 7. The maximum absolute atomic E-state index is 14.9. The molecule has 0 radical (unpaired) electrons. The van der Waals surface area contributed by atoms with E-state index in [9.17, 15) is 17.6 Å². The lowest BCUT2D eigenvalue weighted by atomic mass is 10.1. The second-order valence-electron chi connectivity index (χ2n) is 9.10. The van der Waals surface area contributed by atoms with Gasteiger partial charge in [0.25, 0.3) is 0 Å². The zero-order valence-corrected chi connectivity index (χ0v) is 20.9. The second-order valence-corrected chi connectivity index (χ2v) is 11.3. The number of benzene rings is 2. The predicted molar refractivity (Wildman–Crippen MR) is 135 cm³/mol. The summed E-state index contributed by atoms with van der Waals surface area (Å²) in [6.07, 6.45) is 3.53. The van der Waals surface area contributed by atoms with Crippen LogP contribution in [0.1, 0.15) is 17.5 Å². The Balaban J connectivity index is 1.24. The highest BCUT2D eigenvalue weighted by Crippen LogP contribution is 2.31. The van der Waals surface area contributed by atoms with Crippen LogP contribution in [-0.2, 0) is 21.1 Å². The molecule has 5 rings (SSSR count). The van der Waals surface area contributed by atoms with Crippen LogP contribution in [0, 0.1) is 12.7 Å². The quantitative estimate of drug-likeness (QED) is 0.380. The van der Waals surface area contributed by atoms with E-state index in [0.717, 1.165) is 5.56 Å². The van der Waals surface area contributed by atoms with E-state index in [1.807, 2.05) is 6.92 Å². The maximum atomic E-state index is 14.9. The van der Waals surface area contributed by atoms with Crippen molar-refractivity contribution in [3.8, 4) is 11.6 Å². The molecule has 2 aromatic heterocycles. The van der Waals surface area contributed by atoms with Crippen molar-refractivity contribution in [1.29, 1.82) is 0 Å². The number of carbonyl (C=O) groups excluding carboxylic acids is 1. The topological polar surface area (TPSA) is 131 Å². The van der Waals surface area contributed by atoms with Crippen LogP contribution in [-0.4, -0.2) is 58.6 Å². The Bertz CT molecular complexity index is 1560. The summed E-state index contributed by atoms with van der Waals surface area (Å²) in [7, 11) is -3.55. The first-order chi connectivity index (χ1) is 17.7. The molecule has 1 unspecified atom stereocenters. The van der Waals surface area contributed by atoms with Gasteiger partial charge in [0.05, 0.1) is 21.6 Å². The van der Waals surface area contributed by atoms with Gasteiger partial charge in [0.15, 0.2) is 21.4 Å². The van der Waals surface area contributed by atoms with Gasteiger partial charge < -0.3 is 20.4 Å². The van der Waals surface area contributed by atoms with Crippen molar-refractivity contribution in [2.24, 2.45) is 5.73 Å². The molecule has 1 amide bonds. The van der Waals surface area contributed by atoms with E-state index in [1.165, 1.54) is 23.4 Å². The molecule has 4 aromatic rings. The fraction of sp³-hybridized carbons (Fsp3) is 0.269. The molecule has 11 heteroatoms. The van der Waals surface area contributed by atoms with Gasteiger partial charge in [0.1, 0.15) is 12.0 Å². The molecule has 0 bridgehead atoms. The molecule has 3 N–H and O–H groups in total. The highest BCUT2D eigenvalue weighted by molar-refractivity contribution is 7.92. The molecule has 2 atom stereocenters. The zero-order chi connectivity index (χ0) is 26.2. The molecule has 192 valence electrons. The van der Waals surface area contributed by atoms with E-state index in [-0.39, 0.29) is 35.4 Å². The van der Waals surface area contributed by atoms with Gasteiger partial charge in [-0.1, -0.05) is 24.3 Å². The predicted octanol–water partition coefficient (Wildman–Crippen LogP) is 3.14. The van der Waals surface area contributed by atoms with Gasteiger partial charge >= 0.3 is 0 Å². The van der Waals surface area contributed by atoms with Crippen LogP contribution in [0.5, 0.6) is 11.6 Å². The number of nitrogens with two attached hydrogens (primary N) is 1. The lowest BCUT2D eigenvalue weighted by molar-refractivity contribution is -0.131. The Labute approximate surface area is 213 Å². The number of rotatable bonds is 7. The molecule has 37 heavy (non-hydrogen) atoms. The lowest BCUT2D eigenvalue weighted by Gasteiger charge is -2.21. The average molecular weight is 524 g/mol. The first kappa shape index (κ1) is 24.8. The first-order valence-electron chi connectivity index (χ1n) is 11.8. The van der Waals surface area contributed by atoms with Crippen molar-refractivity contribution < 1.29 is 22.3 Å². The number of nitrogens with zero attached hydrogens (tertiary/aromatic N) is 3. The minimum Gasteiger partial charge on any atom is -0.435 e. The SMILES string of the molecule is Cc1c[nH]c2ncnc(Oc3ccc(CC(N)C(=O)N4CC[C@H](S(=O)(=O)c5ccccc5)C4)cc3F)c12. The van der Waals surface area contributed by atoms with Crippen LogP contribution >= 0.6 is 0 Å². The van der Waals surface area contributed by atoms with E-state index in [1.54, 1.807) is 42.6 Å². The molecule has 3 heterocycles. The summed E-state index contributed by atoms with van der Waals surface area (Å²) >= 11 is 0. The van der Waals surface area contributed by atoms with E-state index in [0.29, 0.717) is 29.6 Å². The molecule has 1 saturated heterocycles. The number of ether oxygens (including phenoxy) is 1. The number of H-pyrrole nitrogens is 1. The number of likely N-dealkylation sites (tertiary alicyclic amines) is 1. The fourth-order valence-electron chi connectivity index (χ4n) is 4.58. The van der Waals surface area contributed by atoms with Crippen LogP contribution < -0.4 is 10.5 Å². The summed E-state index contributed by atoms with van der Waals surface area (Å²) < 4.78 is 46.4. The third kappa shape index (κ3) is 4.92. The van der Waals surface area contributed by atoms with Crippen molar-refractivity contribution in [1.82, 2.24) is 19.9 Å². The van der Waals surface area contributed by atoms with E-state index < -0.39 is 26.9 Å². The monoisotopic (exact) mass is 523 g/mol. The number of fused-ring (bicyclic) bond motifs is 1. The van der Waals surface area contributed by atoms with Crippen molar-refractivity contribution in [3.63, 3.8) is 0 Å². The van der Waals surface area contributed by atoms with E-state index in [2.05, 4.69) is 15.0 Å². The minimum absolute atomic E-state index is 0.0160. The Hall–Kier alpha value is -3.83. The summed E-state index contributed by atoms with van der Waals surface area (Å²) in [5, 5.41) is -0.0198. The third-order valence-corrected chi connectivity index (χ3v) is 8.77. The van der Waals surface area contributed by atoms with Crippen molar-refractivity contribution >= 4 is 26.8 Å². The highest BCUT2D eigenvalue weighted by Gasteiger charge is 2.37. The number of halogens is 1. The van der Waals surface area contributed by atoms with Gasteiger partial charge in [-0.15, -0.1) is 0 Å². The number of aryl methyl sites for hydroxylation is 1. The van der Waals surface area contributed by atoms with Crippen molar-refractivity contribution in [3.05, 3.63) is 78.0 Å². The van der Waals surface area contributed by atoms with Crippen LogP contribution in [0.2, 0.25) is 0 Å². The fourth-order valence-corrected chi connectivity index (χ4v) is 6.29. The number of carbonyl (C=O) groups is 1. The average Bonchev–Trinajstić information content (AvgIpc) is 3.54. The standard InChI is InChI=1S/C26H26FN5O4S/c1-16-13-29-24-23(16)25(31-15-30-24)36-22-8-7-17(11-20(22)27)12-21(28)26(33)32-10-9-19(14-32)37(34,35)18-5-3-2-4-6-18/h2-8,11,13,15,19,21H,9-10,12,14,28H2,1H3,(H,29,30,31)/t19-,21?/m0/s1. The molecule has 2 aromatic carbocycles. The van der Waals surface area contributed by atoms with Gasteiger partial charge in [-0.3, -0.25) is 4.79 Å². The smallest absolute Gasteiger partial charge is 0.239 e. The molecular weight excluding hydrogens is 497 g/mol. The summed E-state index contributed by atoms with van der Waals surface area (Å²) in [5.41, 5.74) is 8.13. The van der Waals surface area contributed by atoms with Gasteiger partial charge in [-0.05, 0) is 55.2 Å². The summed E-state index contributed by atoms with van der Waals surface area (Å²) in [6, 6.07) is 11.7. The number of sulfone groups is 1. The maximum Gasteiger partial charge on any atom is 0.239 e. The molecule has 0 aliphatic carbocycles. The first-order valence-corrected chi connectivity index (χ1v) is 13.4. The molecule has 1 aliphatic rings. The van der Waals surface area contributed by atoms with Crippen LogP contribution in [0.25, 0.3) is 11.0 Å². The van der Waals surface area contributed by atoms with Crippen molar-refractivity contribution in [2.75, 3.05) is 13.1 Å². The number of nitrogens with one attached hydrogen (secondary N) is 1. The van der Waals surface area contributed by atoms with Crippen LogP contribution in [0.15, 0.2) is 66.0 Å². The molecule has 0 spiro atoms. The van der Waals surface area contributed by atoms with Gasteiger partial charge in [-0.25, -0.2) is 22.8 Å². The largest absolute Gasteiger partial charge is 0.435 e. The van der Waals surface area contributed by atoms with Crippen molar-refractivity contribution in [2.45, 2.75) is 36.0 Å². The highest BCUT2D eigenvalue weighted by atomic mass is 32.2. The minimum atomic E-state index is -3.55. The zero-order valence-electron chi connectivity index (χ0n) is 20.1. The third-order valence-electron chi connectivity index (χ3n) is 6.58. The number of amides is 1. The Kier molecular flexibility index (Phi) is 6.65. The van der Waals surface area contributed by atoms with E-state index >= 15 is 0 Å². The normalized spacial score (nSPS) is 16.7. The van der Waals surface area contributed by atoms with Gasteiger partial charge in [0.2, 0.25) is 11.8 Å². The molecule has 9 nitrogen and oxygen atoms in total. The molecule has 0 saturated carbocycles.